The number of amides is 2. The standard InChI is InChI=1S/C15H25N7O.2ClH/c1-20(2)15(23)22-5-3-21(4-6-22)13-9-12(18-14(17)19-13)10-7-11(16)8-10;;/h9-11H,3-8,16H2,1-2H3,(H2,17,18,19);2*1H. The minimum Gasteiger partial charge on any atom is -0.368 e. The molecule has 1 saturated carbocycles. The summed E-state index contributed by atoms with van der Waals surface area (Å²) in [5.74, 6) is 1.56. The van der Waals surface area contributed by atoms with Crippen LogP contribution in [-0.4, -0.2) is 72.1 Å². The molecule has 10 heteroatoms. The van der Waals surface area contributed by atoms with Gasteiger partial charge in [0.1, 0.15) is 5.82 Å². The number of nitrogen functional groups attached to an aromatic ring is 1. The molecule has 0 atom stereocenters. The largest absolute Gasteiger partial charge is 0.368 e. The van der Waals surface area contributed by atoms with E-state index in [1.165, 1.54) is 0 Å². The van der Waals surface area contributed by atoms with E-state index in [0.29, 0.717) is 25.0 Å². The number of piperazine rings is 1. The van der Waals surface area contributed by atoms with Gasteiger partial charge < -0.3 is 26.2 Å². The van der Waals surface area contributed by atoms with Crippen LogP contribution < -0.4 is 16.4 Å². The van der Waals surface area contributed by atoms with Gasteiger partial charge in [0.2, 0.25) is 5.95 Å². The van der Waals surface area contributed by atoms with Crippen LogP contribution >= 0.6 is 24.8 Å². The number of urea groups is 1. The van der Waals surface area contributed by atoms with Crippen LogP contribution in [-0.2, 0) is 0 Å². The molecular formula is C15H27Cl2N7O. The molecule has 8 nitrogen and oxygen atoms in total. The summed E-state index contributed by atoms with van der Waals surface area (Å²) in [5, 5.41) is 0. The summed E-state index contributed by atoms with van der Waals surface area (Å²) in [7, 11) is 3.55. The summed E-state index contributed by atoms with van der Waals surface area (Å²) in [6, 6.07) is 2.35. The fourth-order valence-corrected chi connectivity index (χ4v) is 3.16. The Morgan fingerprint density at radius 1 is 1.16 bits per heavy atom. The van der Waals surface area contributed by atoms with E-state index in [-0.39, 0.29) is 36.9 Å². The second-order valence-electron chi connectivity index (χ2n) is 6.59. The van der Waals surface area contributed by atoms with Crippen molar-refractivity contribution in [1.82, 2.24) is 19.8 Å². The molecule has 0 aromatic carbocycles. The van der Waals surface area contributed by atoms with E-state index in [4.69, 9.17) is 11.5 Å². The summed E-state index contributed by atoms with van der Waals surface area (Å²) in [6.45, 7) is 2.87. The molecule has 2 aliphatic rings. The molecule has 1 aromatic heterocycles. The average molecular weight is 392 g/mol. The number of aromatic nitrogens is 2. The number of carbonyl (C=O) groups is 1. The molecule has 0 unspecified atom stereocenters. The third-order valence-electron chi connectivity index (χ3n) is 4.60. The molecule has 4 N–H and O–H groups in total. The highest BCUT2D eigenvalue weighted by Gasteiger charge is 2.30. The molecule has 2 fully saturated rings. The van der Waals surface area contributed by atoms with E-state index < -0.39 is 0 Å². The van der Waals surface area contributed by atoms with Crippen molar-refractivity contribution in [3.05, 3.63) is 11.8 Å². The Morgan fingerprint density at radius 2 is 1.76 bits per heavy atom. The Hall–Kier alpha value is -1.51. The van der Waals surface area contributed by atoms with Gasteiger partial charge in [-0.05, 0) is 12.8 Å². The van der Waals surface area contributed by atoms with Gasteiger partial charge in [0.15, 0.2) is 0 Å². The van der Waals surface area contributed by atoms with Crippen molar-refractivity contribution in [3.63, 3.8) is 0 Å². The highest BCUT2D eigenvalue weighted by atomic mass is 35.5. The SMILES string of the molecule is CN(C)C(=O)N1CCN(c2cc(C3CC(N)C3)nc(N)n2)CC1.Cl.Cl. The van der Waals surface area contributed by atoms with E-state index >= 15 is 0 Å². The maximum absolute atomic E-state index is 12.0. The minimum atomic E-state index is 0. The quantitative estimate of drug-likeness (QED) is 0.775. The summed E-state index contributed by atoms with van der Waals surface area (Å²) in [5.41, 5.74) is 12.7. The Bertz CT molecular complexity index is 587. The Morgan fingerprint density at radius 3 is 2.28 bits per heavy atom. The zero-order valence-corrected chi connectivity index (χ0v) is 16.2. The van der Waals surface area contributed by atoms with Crippen LogP contribution in [0.15, 0.2) is 6.07 Å². The number of carbonyl (C=O) groups excluding carboxylic acids is 1. The summed E-state index contributed by atoms with van der Waals surface area (Å²) in [6.07, 6.45) is 1.92. The van der Waals surface area contributed by atoms with Crippen molar-refractivity contribution in [2.24, 2.45) is 5.73 Å². The molecule has 1 aliphatic carbocycles. The first-order valence-corrected chi connectivity index (χ1v) is 8.05. The molecule has 0 spiro atoms. The monoisotopic (exact) mass is 391 g/mol. The smallest absolute Gasteiger partial charge is 0.319 e. The molecule has 2 heterocycles. The average Bonchev–Trinajstić information content (AvgIpc) is 2.50. The first kappa shape index (κ1) is 21.5. The van der Waals surface area contributed by atoms with Crippen LogP contribution in [0.2, 0.25) is 0 Å². The van der Waals surface area contributed by atoms with Crippen LogP contribution in [0.5, 0.6) is 0 Å². The molecule has 2 amide bonds. The molecule has 142 valence electrons. The van der Waals surface area contributed by atoms with Crippen LogP contribution in [0, 0.1) is 0 Å². The predicted molar refractivity (Wildman–Crippen MR) is 104 cm³/mol. The third kappa shape index (κ3) is 4.77. The lowest BCUT2D eigenvalue weighted by molar-refractivity contribution is 0.168. The summed E-state index contributed by atoms with van der Waals surface area (Å²) >= 11 is 0. The minimum absolute atomic E-state index is 0. The number of nitrogens with zero attached hydrogens (tertiary/aromatic N) is 5. The fraction of sp³-hybridized carbons (Fsp3) is 0.667. The highest BCUT2D eigenvalue weighted by Crippen LogP contribution is 2.35. The van der Waals surface area contributed by atoms with Crippen molar-refractivity contribution < 1.29 is 4.79 Å². The normalized spacial score (nSPS) is 22.4. The molecule has 3 rings (SSSR count). The first-order valence-electron chi connectivity index (χ1n) is 8.05. The third-order valence-corrected chi connectivity index (χ3v) is 4.60. The van der Waals surface area contributed by atoms with Crippen molar-refractivity contribution in [1.29, 1.82) is 0 Å². The Labute approximate surface area is 160 Å². The van der Waals surface area contributed by atoms with Gasteiger partial charge in [-0.1, -0.05) is 0 Å². The Balaban J connectivity index is 0.00000156. The van der Waals surface area contributed by atoms with E-state index in [2.05, 4.69) is 14.9 Å². The first-order chi connectivity index (χ1) is 10.9. The maximum Gasteiger partial charge on any atom is 0.319 e. The van der Waals surface area contributed by atoms with Crippen molar-refractivity contribution in [3.8, 4) is 0 Å². The van der Waals surface area contributed by atoms with E-state index in [1.54, 1.807) is 19.0 Å². The maximum atomic E-state index is 12.0. The van der Waals surface area contributed by atoms with Gasteiger partial charge in [0, 0.05) is 58.3 Å². The number of nitrogens with two attached hydrogens (primary N) is 2. The number of rotatable bonds is 2. The topological polar surface area (TPSA) is 105 Å². The van der Waals surface area contributed by atoms with Crippen LogP contribution in [0.1, 0.15) is 24.5 Å². The highest BCUT2D eigenvalue weighted by molar-refractivity contribution is 5.85. The van der Waals surface area contributed by atoms with Crippen molar-refractivity contribution in [2.45, 2.75) is 24.8 Å². The van der Waals surface area contributed by atoms with Gasteiger partial charge in [0.05, 0.1) is 5.69 Å². The fourth-order valence-electron chi connectivity index (χ4n) is 3.16. The lowest BCUT2D eigenvalue weighted by Gasteiger charge is -2.37. The number of halogens is 2. The van der Waals surface area contributed by atoms with Gasteiger partial charge >= 0.3 is 6.03 Å². The van der Waals surface area contributed by atoms with Crippen molar-refractivity contribution >= 4 is 42.6 Å². The van der Waals surface area contributed by atoms with E-state index in [9.17, 15) is 4.79 Å². The van der Waals surface area contributed by atoms with Crippen molar-refractivity contribution in [2.75, 3.05) is 50.9 Å². The predicted octanol–water partition coefficient (Wildman–Crippen LogP) is 0.911. The second-order valence-corrected chi connectivity index (χ2v) is 6.59. The van der Waals surface area contributed by atoms with Gasteiger partial charge in [-0.3, -0.25) is 0 Å². The lowest BCUT2D eigenvalue weighted by Crippen LogP contribution is -2.51. The molecule has 1 saturated heterocycles. The molecule has 0 radical (unpaired) electrons. The number of hydrogen-bond donors (Lipinski definition) is 2. The van der Waals surface area contributed by atoms with E-state index in [1.807, 2.05) is 11.0 Å². The summed E-state index contributed by atoms with van der Waals surface area (Å²) in [4.78, 5) is 26.4. The number of hydrogen-bond acceptors (Lipinski definition) is 6. The van der Waals surface area contributed by atoms with Crippen LogP contribution in [0.25, 0.3) is 0 Å². The molecule has 0 bridgehead atoms. The number of anilines is 2. The lowest BCUT2D eigenvalue weighted by atomic mass is 9.78. The van der Waals surface area contributed by atoms with Crippen LogP contribution in [0.4, 0.5) is 16.6 Å². The zero-order chi connectivity index (χ0) is 16.6. The Kier molecular flexibility index (Phi) is 7.52. The van der Waals surface area contributed by atoms with Gasteiger partial charge in [-0.15, -0.1) is 24.8 Å². The molecular weight excluding hydrogens is 365 g/mol. The zero-order valence-electron chi connectivity index (χ0n) is 14.6. The van der Waals surface area contributed by atoms with Crippen LogP contribution in [0.3, 0.4) is 0 Å². The van der Waals surface area contributed by atoms with Gasteiger partial charge in [0.25, 0.3) is 0 Å². The molecule has 25 heavy (non-hydrogen) atoms. The summed E-state index contributed by atoms with van der Waals surface area (Å²) < 4.78 is 0. The van der Waals surface area contributed by atoms with E-state index in [0.717, 1.165) is 37.4 Å². The second kappa shape index (κ2) is 8.73. The molecule has 1 aliphatic heterocycles. The van der Waals surface area contributed by atoms with Gasteiger partial charge in [-0.2, -0.15) is 4.98 Å². The molecule has 1 aromatic rings. The van der Waals surface area contributed by atoms with Gasteiger partial charge in [-0.25, -0.2) is 9.78 Å².